The average molecular weight is 507 g/mol. The number of nitrogens with zero attached hydrogens (tertiary/aromatic N) is 3. The molecular formula is C27H27FN4O3S. The van der Waals surface area contributed by atoms with Crippen LogP contribution >= 0.6 is 11.8 Å². The molecule has 1 aromatic heterocycles. The Bertz CT molecular complexity index is 1330. The van der Waals surface area contributed by atoms with E-state index in [9.17, 15) is 9.18 Å². The van der Waals surface area contributed by atoms with Crippen LogP contribution in [-0.2, 0) is 19.2 Å². The minimum atomic E-state index is -0.466. The molecule has 1 atom stereocenters. The van der Waals surface area contributed by atoms with E-state index in [1.807, 2.05) is 41.9 Å². The molecule has 0 bridgehead atoms. The van der Waals surface area contributed by atoms with E-state index in [4.69, 9.17) is 9.47 Å². The van der Waals surface area contributed by atoms with Gasteiger partial charge in [-0.2, -0.15) is 0 Å². The van der Waals surface area contributed by atoms with Crippen molar-refractivity contribution in [2.24, 2.45) is 7.05 Å². The summed E-state index contributed by atoms with van der Waals surface area (Å²) < 4.78 is 26.6. The number of nitrogens with one attached hydrogen (secondary N) is 1. The number of halogens is 1. The first kappa shape index (κ1) is 25.2. The molecule has 1 heterocycles. The van der Waals surface area contributed by atoms with Crippen molar-refractivity contribution >= 4 is 17.7 Å². The van der Waals surface area contributed by atoms with E-state index in [0.29, 0.717) is 45.8 Å². The number of ether oxygens (including phenoxy) is 2. The van der Waals surface area contributed by atoms with Gasteiger partial charge in [0.25, 0.3) is 5.91 Å². The summed E-state index contributed by atoms with van der Waals surface area (Å²) in [5, 5.41) is 12.4. The summed E-state index contributed by atoms with van der Waals surface area (Å²) in [6.07, 6.45) is 0.509. The number of aromatic nitrogens is 3. The van der Waals surface area contributed by atoms with Crippen LogP contribution in [0.5, 0.6) is 11.5 Å². The van der Waals surface area contributed by atoms with Crippen molar-refractivity contribution in [3.05, 3.63) is 101 Å². The summed E-state index contributed by atoms with van der Waals surface area (Å²) in [4.78, 5) is 13.3. The number of hydrogen-bond acceptors (Lipinski definition) is 6. The number of thioether (sulfide) groups is 1. The zero-order valence-corrected chi connectivity index (χ0v) is 21.1. The predicted octanol–water partition coefficient (Wildman–Crippen LogP) is 4.98. The molecule has 0 radical (unpaired) electrons. The molecule has 3 aromatic carbocycles. The topological polar surface area (TPSA) is 78.3 Å². The highest BCUT2D eigenvalue weighted by molar-refractivity contribution is 7.98. The molecule has 186 valence electrons. The lowest BCUT2D eigenvalue weighted by atomic mass is 10.0. The molecule has 9 heteroatoms. The van der Waals surface area contributed by atoms with Crippen molar-refractivity contribution in [1.29, 1.82) is 0 Å². The minimum Gasteiger partial charge on any atom is -0.497 e. The molecule has 1 N–H and O–H groups in total. The van der Waals surface area contributed by atoms with Crippen molar-refractivity contribution in [2.45, 2.75) is 23.4 Å². The van der Waals surface area contributed by atoms with Gasteiger partial charge in [0.1, 0.15) is 17.3 Å². The molecule has 0 saturated carbocycles. The van der Waals surface area contributed by atoms with Crippen LogP contribution in [0.3, 0.4) is 0 Å². The monoisotopic (exact) mass is 506 g/mol. The van der Waals surface area contributed by atoms with Gasteiger partial charge < -0.3 is 19.4 Å². The summed E-state index contributed by atoms with van der Waals surface area (Å²) in [5.74, 6) is 1.44. The number of carbonyl (C=O) groups excluding carboxylic acids is 1. The number of amides is 1. The van der Waals surface area contributed by atoms with Gasteiger partial charge in [-0.1, -0.05) is 60.3 Å². The highest BCUT2D eigenvalue weighted by Gasteiger charge is 2.24. The Balaban J connectivity index is 1.59. The summed E-state index contributed by atoms with van der Waals surface area (Å²) in [5.41, 5.74) is 2.01. The van der Waals surface area contributed by atoms with Crippen molar-refractivity contribution in [3.8, 4) is 11.5 Å². The van der Waals surface area contributed by atoms with E-state index in [2.05, 4.69) is 15.5 Å². The number of rotatable bonds is 10. The second-order valence-electron chi connectivity index (χ2n) is 8.06. The number of methoxy groups -OCH3 is 2. The third-order valence-corrected chi connectivity index (χ3v) is 6.81. The molecule has 1 amide bonds. The molecule has 0 aliphatic rings. The molecule has 4 aromatic rings. The van der Waals surface area contributed by atoms with Gasteiger partial charge in [-0.3, -0.25) is 4.79 Å². The standard InChI is InChI=1S/C27H27FN4O3S/c1-32-25(30-31-27(32)36-17-19-11-7-8-12-22(19)28)23(15-18-9-5-4-6-10-18)29-26(33)21-14-13-20(34-2)16-24(21)35-3/h4-14,16,23H,15,17H2,1-3H3,(H,29,33)/t23-/m0/s1. The summed E-state index contributed by atoms with van der Waals surface area (Å²) in [6, 6.07) is 21.1. The van der Waals surface area contributed by atoms with Crippen LogP contribution in [0.2, 0.25) is 0 Å². The Kier molecular flexibility index (Phi) is 8.22. The zero-order valence-electron chi connectivity index (χ0n) is 20.3. The van der Waals surface area contributed by atoms with Gasteiger partial charge in [0, 0.05) is 18.9 Å². The first-order valence-corrected chi connectivity index (χ1v) is 12.3. The Morgan fingerprint density at radius 2 is 1.78 bits per heavy atom. The highest BCUT2D eigenvalue weighted by Crippen LogP contribution is 2.28. The fraction of sp³-hybridized carbons (Fsp3) is 0.222. The lowest BCUT2D eigenvalue weighted by Gasteiger charge is -2.19. The molecule has 36 heavy (non-hydrogen) atoms. The van der Waals surface area contributed by atoms with Crippen LogP contribution < -0.4 is 14.8 Å². The van der Waals surface area contributed by atoms with Gasteiger partial charge in [0.05, 0.1) is 25.8 Å². The van der Waals surface area contributed by atoms with Gasteiger partial charge in [0.2, 0.25) is 0 Å². The number of carbonyl (C=O) groups is 1. The lowest BCUT2D eigenvalue weighted by molar-refractivity contribution is 0.0931. The second kappa shape index (κ2) is 11.7. The third kappa shape index (κ3) is 5.85. The van der Waals surface area contributed by atoms with E-state index >= 15 is 0 Å². The fourth-order valence-corrected chi connectivity index (χ4v) is 4.70. The van der Waals surface area contributed by atoms with Crippen LogP contribution in [0, 0.1) is 5.82 Å². The lowest BCUT2D eigenvalue weighted by Crippen LogP contribution is -2.32. The first-order valence-electron chi connectivity index (χ1n) is 11.3. The molecule has 0 saturated heterocycles. The predicted molar refractivity (Wildman–Crippen MR) is 137 cm³/mol. The number of hydrogen-bond donors (Lipinski definition) is 1. The quantitative estimate of drug-likeness (QED) is 0.306. The zero-order chi connectivity index (χ0) is 25.5. The second-order valence-corrected chi connectivity index (χ2v) is 9.00. The Hall–Kier alpha value is -3.85. The van der Waals surface area contributed by atoms with Crippen LogP contribution in [0.15, 0.2) is 78.0 Å². The molecule has 0 aliphatic carbocycles. The van der Waals surface area contributed by atoms with E-state index in [-0.39, 0.29) is 11.7 Å². The molecule has 7 nitrogen and oxygen atoms in total. The largest absolute Gasteiger partial charge is 0.497 e. The van der Waals surface area contributed by atoms with Crippen molar-refractivity contribution in [3.63, 3.8) is 0 Å². The Morgan fingerprint density at radius 1 is 1.03 bits per heavy atom. The SMILES string of the molecule is COc1ccc(C(=O)N[C@@H](Cc2ccccc2)c2nnc(SCc3ccccc3F)n2C)c(OC)c1. The maximum absolute atomic E-state index is 14.1. The van der Waals surface area contributed by atoms with Gasteiger partial charge in [-0.05, 0) is 35.7 Å². The van der Waals surface area contributed by atoms with Gasteiger partial charge in [-0.25, -0.2) is 4.39 Å². The van der Waals surface area contributed by atoms with Crippen LogP contribution in [0.4, 0.5) is 4.39 Å². The van der Waals surface area contributed by atoms with E-state index in [1.54, 1.807) is 43.5 Å². The van der Waals surface area contributed by atoms with Crippen molar-refractivity contribution in [2.75, 3.05) is 14.2 Å². The molecule has 0 aliphatic heterocycles. The number of benzene rings is 3. The molecular weight excluding hydrogens is 479 g/mol. The van der Waals surface area contributed by atoms with Gasteiger partial charge >= 0.3 is 0 Å². The molecule has 0 spiro atoms. The van der Waals surface area contributed by atoms with E-state index < -0.39 is 6.04 Å². The minimum absolute atomic E-state index is 0.255. The maximum atomic E-state index is 14.1. The van der Waals surface area contributed by atoms with Crippen LogP contribution in [-0.4, -0.2) is 34.9 Å². The Morgan fingerprint density at radius 3 is 2.50 bits per heavy atom. The molecule has 0 fully saturated rings. The third-order valence-electron chi connectivity index (χ3n) is 5.74. The Labute approximate surface area is 213 Å². The molecule has 4 rings (SSSR count). The van der Waals surface area contributed by atoms with E-state index in [1.165, 1.54) is 24.9 Å². The highest BCUT2D eigenvalue weighted by atomic mass is 32.2. The van der Waals surface area contributed by atoms with Crippen molar-refractivity contribution in [1.82, 2.24) is 20.1 Å². The molecule has 0 unspecified atom stereocenters. The maximum Gasteiger partial charge on any atom is 0.255 e. The van der Waals surface area contributed by atoms with Crippen LogP contribution in [0.25, 0.3) is 0 Å². The smallest absolute Gasteiger partial charge is 0.255 e. The summed E-state index contributed by atoms with van der Waals surface area (Å²) >= 11 is 1.39. The van der Waals surface area contributed by atoms with Crippen LogP contribution in [0.1, 0.15) is 33.4 Å². The first-order chi connectivity index (χ1) is 17.5. The average Bonchev–Trinajstić information content (AvgIpc) is 3.27. The van der Waals surface area contributed by atoms with E-state index in [0.717, 1.165) is 5.56 Å². The fourth-order valence-electron chi connectivity index (χ4n) is 3.79. The summed E-state index contributed by atoms with van der Waals surface area (Å²) in [7, 11) is 4.91. The summed E-state index contributed by atoms with van der Waals surface area (Å²) in [6.45, 7) is 0. The normalized spacial score (nSPS) is 11.7. The van der Waals surface area contributed by atoms with Gasteiger partial charge in [-0.15, -0.1) is 10.2 Å². The van der Waals surface area contributed by atoms with Gasteiger partial charge in [0.15, 0.2) is 11.0 Å². The van der Waals surface area contributed by atoms with Crippen molar-refractivity contribution < 1.29 is 18.7 Å².